The summed E-state index contributed by atoms with van der Waals surface area (Å²) in [5, 5.41) is 18.5. The highest BCUT2D eigenvalue weighted by Gasteiger charge is 2.52. The minimum Gasteiger partial charge on any atom is -0.481 e. The molecule has 0 aliphatic heterocycles. The van der Waals surface area contributed by atoms with Gasteiger partial charge in [0.25, 0.3) is 0 Å². The summed E-state index contributed by atoms with van der Waals surface area (Å²) in [7, 11) is 0. The van der Waals surface area contributed by atoms with Gasteiger partial charge in [0.2, 0.25) is 0 Å². The van der Waals surface area contributed by atoms with Crippen molar-refractivity contribution in [3.05, 3.63) is 29.6 Å². The SMILES string of the molecule is Cc1cccc(C2(C(=O)O)CC(O)C2)n1. The van der Waals surface area contributed by atoms with E-state index >= 15 is 0 Å². The Kier molecular flexibility index (Phi) is 2.23. The van der Waals surface area contributed by atoms with Crippen molar-refractivity contribution in [2.45, 2.75) is 31.3 Å². The van der Waals surface area contributed by atoms with Crippen LogP contribution in [0.5, 0.6) is 0 Å². The van der Waals surface area contributed by atoms with Crippen molar-refractivity contribution < 1.29 is 15.0 Å². The number of pyridine rings is 1. The van der Waals surface area contributed by atoms with Gasteiger partial charge in [0.15, 0.2) is 0 Å². The summed E-state index contributed by atoms with van der Waals surface area (Å²) >= 11 is 0. The number of aliphatic carboxylic acids is 1. The zero-order valence-electron chi connectivity index (χ0n) is 8.47. The van der Waals surface area contributed by atoms with E-state index in [-0.39, 0.29) is 12.8 Å². The van der Waals surface area contributed by atoms with Crippen LogP contribution in [0.1, 0.15) is 24.2 Å². The molecule has 1 aliphatic carbocycles. The Morgan fingerprint density at radius 1 is 1.53 bits per heavy atom. The minimum atomic E-state index is -0.967. The van der Waals surface area contributed by atoms with Crippen molar-refractivity contribution in [2.24, 2.45) is 0 Å². The molecule has 0 bridgehead atoms. The van der Waals surface area contributed by atoms with E-state index in [1.54, 1.807) is 12.1 Å². The molecule has 2 N–H and O–H groups in total. The van der Waals surface area contributed by atoms with Crippen molar-refractivity contribution >= 4 is 5.97 Å². The maximum atomic E-state index is 11.2. The zero-order valence-corrected chi connectivity index (χ0v) is 8.47. The summed E-state index contributed by atoms with van der Waals surface area (Å²) in [6.07, 6.45) is 0.0146. The Labute approximate surface area is 87.6 Å². The Morgan fingerprint density at radius 3 is 2.67 bits per heavy atom. The van der Waals surface area contributed by atoms with E-state index in [4.69, 9.17) is 0 Å². The van der Waals surface area contributed by atoms with E-state index in [1.807, 2.05) is 13.0 Å². The van der Waals surface area contributed by atoms with Crippen LogP contribution in [-0.2, 0) is 10.2 Å². The van der Waals surface area contributed by atoms with Crippen LogP contribution >= 0.6 is 0 Å². The fourth-order valence-corrected chi connectivity index (χ4v) is 2.05. The molecule has 0 unspecified atom stereocenters. The van der Waals surface area contributed by atoms with E-state index in [1.165, 1.54) is 0 Å². The number of aromatic nitrogens is 1. The molecule has 1 fully saturated rings. The van der Waals surface area contributed by atoms with E-state index in [0.717, 1.165) is 5.69 Å². The second-order valence-electron chi connectivity index (χ2n) is 4.11. The lowest BCUT2D eigenvalue weighted by molar-refractivity contribution is -0.153. The van der Waals surface area contributed by atoms with Crippen LogP contribution in [0.4, 0.5) is 0 Å². The maximum absolute atomic E-state index is 11.2. The van der Waals surface area contributed by atoms with Crippen LogP contribution in [0.25, 0.3) is 0 Å². The Balaban J connectivity index is 2.39. The third kappa shape index (κ3) is 1.51. The monoisotopic (exact) mass is 207 g/mol. The van der Waals surface area contributed by atoms with Crippen LogP contribution in [-0.4, -0.2) is 27.3 Å². The molecule has 0 aromatic carbocycles. The number of aliphatic hydroxyl groups is 1. The average molecular weight is 207 g/mol. The van der Waals surface area contributed by atoms with Crippen LogP contribution in [0.15, 0.2) is 18.2 Å². The van der Waals surface area contributed by atoms with Crippen molar-refractivity contribution in [2.75, 3.05) is 0 Å². The highest BCUT2D eigenvalue weighted by molar-refractivity contribution is 5.82. The zero-order chi connectivity index (χ0) is 11.1. The molecule has 0 amide bonds. The van der Waals surface area contributed by atoms with Crippen LogP contribution in [0.2, 0.25) is 0 Å². The fraction of sp³-hybridized carbons (Fsp3) is 0.455. The molecule has 80 valence electrons. The molecule has 1 aliphatic rings. The van der Waals surface area contributed by atoms with Crippen molar-refractivity contribution in [1.82, 2.24) is 4.98 Å². The van der Waals surface area contributed by atoms with Crippen LogP contribution < -0.4 is 0 Å². The van der Waals surface area contributed by atoms with Crippen molar-refractivity contribution in [3.63, 3.8) is 0 Å². The lowest BCUT2D eigenvalue weighted by Crippen LogP contribution is -2.51. The first kappa shape index (κ1) is 10.1. The van der Waals surface area contributed by atoms with Gasteiger partial charge < -0.3 is 10.2 Å². The summed E-state index contributed by atoms with van der Waals surface area (Å²) in [6, 6.07) is 5.34. The van der Waals surface area contributed by atoms with Gasteiger partial charge in [-0.05, 0) is 31.9 Å². The molecule has 1 saturated carbocycles. The summed E-state index contributed by atoms with van der Waals surface area (Å²) in [5.41, 5.74) is 0.389. The molecule has 1 heterocycles. The van der Waals surface area contributed by atoms with Gasteiger partial charge in [-0.25, -0.2) is 0 Å². The number of hydrogen-bond donors (Lipinski definition) is 2. The summed E-state index contributed by atoms with van der Waals surface area (Å²) < 4.78 is 0. The summed E-state index contributed by atoms with van der Waals surface area (Å²) in [6.45, 7) is 1.83. The Hall–Kier alpha value is -1.42. The van der Waals surface area contributed by atoms with Crippen LogP contribution in [0.3, 0.4) is 0 Å². The molecule has 0 atom stereocenters. The first-order valence-corrected chi connectivity index (χ1v) is 4.90. The molecule has 1 aromatic rings. The van der Waals surface area contributed by atoms with Gasteiger partial charge in [-0.15, -0.1) is 0 Å². The third-order valence-electron chi connectivity index (χ3n) is 2.96. The molecule has 0 saturated heterocycles. The normalized spacial score (nSPS) is 29.6. The number of rotatable bonds is 2. The van der Waals surface area contributed by atoms with Gasteiger partial charge in [-0.2, -0.15) is 0 Å². The standard InChI is InChI=1S/C11H13NO3/c1-7-3-2-4-9(12-7)11(10(14)15)5-8(13)6-11/h2-4,8,13H,5-6H2,1H3,(H,14,15). The fourth-order valence-electron chi connectivity index (χ4n) is 2.05. The van der Waals surface area contributed by atoms with Crippen molar-refractivity contribution in [3.8, 4) is 0 Å². The van der Waals surface area contributed by atoms with E-state index < -0.39 is 17.5 Å². The topological polar surface area (TPSA) is 70.4 Å². The first-order valence-electron chi connectivity index (χ1n) is 4.90. The molecular weight excluding hydrogens is 194 g/mol. The lowest BCUT2D eigenvalue weighted by atomic mass is 9.64. The third-order valence-corrected chi connectivity index (χ3v) is 2.96. The highest BCUT2D eigenvalue weighted by atomic mass is 16.4. The van der Waals surface area contributed by atoms with Gasteiger partial charge in [0, 0.05) is 5.69 Å². The number of carboxylic acids is 1. The molecule has 4 nitrogen and oxygen atoms in total. The molecule has 4 heteroatoms. The van der Waals surface area contributed by atoms with E-state index in [2.05, 4.69) is 4.98 Å². The minimum absolute atomic E-state index is 0.263. The largest absolute Gasteiger partial charge is 0.481 e. The smallest absolute Gasteiger partial charge is 0.315 e. The maximum Gasteiger partial charge on any atom is 0.315 e. The predicted octanol–water partition coefficient (Wildman–Crippen LogP) is 0.867. The van der Waals surface area contributed by atoms with Gasteiger partial charge in [0.05, 0.1) is 11.8 Å². The average Bonchev–Trinajstić information content (AvgIpc) is 2.12. The summed E-state index contributed by atoms with van der Waals surface area (Å²) in [4.78, 5) is 15.4. The van der Waals surface area contributed by atoms with Crippen LogP contribution in [0, 0.1) is 6.92 Å². The molecule has 0 radical (unpaired) electrons. The van der Waals surface area contributed by atoms with E-state index in [0.29, 0.717) is 5.69 Å². The quantitative estimate of drug-likeness (QED) is 0.754. The predicted molar refractivity (Wildman–Crippen MR) is 53.5 cm³/mol. The second kappa shape index (κ2) is 3.31. The molecule has 2 rings (SSSR count). The number of carbonyl (C=O) groups is 1. The number of hydrogen-bond acceptors (Lipinski definition) is 3. The lowest BCUT2D eigenvalue weighted by Gasteiger charge is -2.41. The summed E-state index contributed by atoms with van der Waals surface area (Å²) in [5.74, 6) is -0.897. The Bertz CT molecular complexity index is 397. The van der Waals surface area contributed by atoms with Gasteiger partial charge in [-0.1, -0.05) is 6.07 Å². The first-order chi connectivity index (χ1) is 7.04. The molecule has 15 heavy (non-hydrogen) atoms. The van der Waals surface area contributed by atoms with Gasteiger partial charge in [-0.3, -0.25) is 9.78 Å². The number of nitrogens with zero attached hydrogens (tertiary/aromatic N) is 1. The molecular formula is C11H13NO3. The molecule has 1 aromatic heterocycles. The molecule has 0 spiro atoms. The van der Waals surface area contributed by atoms with Gasteiger partial charge in [0.1, 0.15) is 5.41 Å². The Morgan fingerprint density at radius 2 is 2.20 bits per heavy atom. The highest BCUT2D eigenvalue weighted by Crippen LogP contribution is 2.43. The van der Waals surface area contributed by atoms with Gasteiger partial charge >= 0.3 is 5.97 Å². The number of aryl methyl sites for hydroxylation is 1. The second-order valence-corrected chi connectivity index (χ2v) is 4.11. The van der Waals surface area contributed by atoms with E-state index in [9.17, 15) is 15.0 Å². The number of carboxylic acid groups (broad SMARTS) is 1. The number of aliphatic hydroxyl groups excluding tert-OH is 1. The van der Waals surface area contributed by atoms with Crippen molar-refractivity contribution in [1.29, 1.82) is 0 Å².